The molecule has 1 unspecified atom stereocenters. The van der Waals surface area contributed by atoms with Gasteiger partial charge in [-0.25, -0.2) is 4.98 Å². The second-order valence-corrected chi connectivity index (χ2v) is 6.42. The van der Waals surface area contributed by atoms with Crippen LogP contribution in [0.4, 0.5) is 0 Å². The Labute approximate surface area is 132 Å². The van der Waals surface area contributed by atoms with Crippen LogP contribution < -0.4 is 9.47 Å². The van der Waals surface area contributed by atoms with Gasteiger partial charge in [0.25, 0.3) is 0 Å². The van der Waals surface area contributed by atoms with Crippen LogP contribution in [0.1, 0.15) is 29.5 Å². The topological polar surface area (TPSA) is 51.6 Å². The monoisotopic (exact) mass is 325 g/mol. The highest BCUT2D eigenvalue weighted by atomic mass is 35.5. The van der Waals surface area contributed by atoms with Crippen LogP contribution in [0, 0.1) is 0 Å². The van der Waals surface area contributed by atoms with E-state index in [-0.39, 0.29) is 0 Å². The van der Waals surface area contributed by atoms with Crippen LogP contribution in [-0.2, 0) is 6.42 Å². The molecule has 0 bridgehead atoms. The molecule has 1 atom stereocenters. The molecular formula is C15H16ClNO3S. The molecule has 1 aromatic carbocycles. The number of aryl methyl sites for hydroxylation is 1. The predicted molar refractivity (Wildman–Crippen MR) is 83.6 cm³/mol. The average Bonchev–Trinajstić information content (AvgIpc) is 2.92. The first-order valence-corrected chi connectivity index (χ1v) is 7.93. The van der Waals surface area contributed by atoms with Gasteiger partial charge in [0.15, 0.2) is 11.5 Å². The number of methoxy groups -OCH3 is 2. The number of aromatic nitrogens is 1. The van der Waals surface area contributed by atoms with E-state index in [2.05, 4.69) is 4.98 Å². The molecule has 0 radical (unpaired) electrons. The van der Waals surface area contributed by atoms with Crippen LogP contribution in [0.25, 0.3) is 10.6 Å². The fourth-order valence-electron chi connectivity index (χ4n) is 2.56. The van der Waals surface area contributed by atoms with E-state index in [4.69, 9.17) is 21.1 Å². The first kappa shape index (κ1) is 14.6. The van der Waals surface area contributed by atoms with Gasteiger partial charge < -0.3 is 14.6 Å². The van der Waals surface area contributed by atoms with Crippen molar-refractivity contribution in [2.75, 3.05) is 14.2 Å². The molecule has 0 aliphatic heterocycles. The zero-order chi connectivity index (χ0) is 15.0. The third-order valence-corrected chi connectivity index (χ3v) is 5.07. The summed E-state index contributed by atoms with van der Waals surface area (Å²) in [4.78, 5) is 5.75. The zero-order valence-corrected chi connectivity index (χ0v) is 13.4. The quantitative estimate of drug-likeness (QED) is 0.931. The van der Waals surface area contributed by atoms with E-state index < -0.39 is 6.10 Å². The summed E-state index contributed by atoms with van der Waals surface area (Å²) in [5, 5.41) is 11.4. The number of aliphatic hydroxyl groups excluding tert-OH is 1. The van der Waals surface area contributed by atoms with Crippen LogP contribution in [0.2, 0.25) is 5.02 Å². The van der Waals surface area contributed by atoms with Gasteiger partial charge in [0, 0.05) is 10.4 Å². The number of benzene rings is 1. The molecule has 0 saturated carbocycles. The summed E-state index contributed by atoms with van der Waals surface area (Å²) >= 11 is 7.85. The van der Waals surface area contributed by atoms with Gasteiger partial charge in [-0.05, 0) is 31.4 Å². The lowest BCUT2D eigenvalue weighted by Crippen LogP contribution is -2.07. The lowest BCUT2D eigenvalue weighted by molar-refractivity contribution is 0.153. The molecule has 0 fully saturated rings. The molecule has 1 aromatic heterocycles. The summed E-state index contributed by atoms with van der Waals surface area (Å²) in [5.41, 5.74) is 1.69. The first-order valence-electron chi connectivity index (χ1n) is 6.73. The van der Waals surface area contributed by atoms with Gasteiger partial charge in [0.05, 0.1) is 31.0 Å². The van der Waals surface area contributed by atoms with Crippen LogP contribution in [-0.4, -0.2) is 24.3 Å². The predicted octanol–water partition coefficient (Wildman–Crippen LogP) is 3.85. The summed E-state index contributed by atoms with van der Waals surface area (Å²) in [6, 6.07) is 3.68. The van der Waals surface area contributed by atoms with E-state index in [0.717, 1.165) is 40.4 Å². The molecule has 112 valence electrons. The number of aliphatic hydroxyl groups is 1. The number of hydrogen-bond donors (Lipinski definition) is 1. The van der Waals surface area contributed by atoms with E-state index in [1.807, 2.05) is 12.1 Å². The second kappa shape index (κ2) is 5.83. The van der Waals surface area contributed by atoms with Crippen molar-refractivity contribution in [3.8, 4) is 22.1 Å². The van der Waals surface area contributed by atoms with E-state index in [1.165, 1.54) is 0 Å². The molecule has 1 aliphatic rings. The molecule has 6 heteroatoms. The molecule has 21 heavy (non-hydrogen) atoms. The Bertz CT molecular complexity index is 671. The molecule has 0 saturated heterocycles. The third kappa shape index (κ3) is 2.61. The molecule has 1 N–H and O–H groups in total. The Hall–Kier alpha value is -1.30. The van der Waals surface area contributed by atoms with Crippen LogP contribution in [0.3, 0.4) is 0 Å². The number of thiazole rings is 1. The highest BCUT2D eigenvalue weighted by molar-refractivity contribution is 7.15. The Morgan fingerprint density at radius 2 is 2.14 bits per heavy atom. The van der Waals surface area contributed by atoms with Crippen molar-refractivity contribution in [2.45, 2.75) is 25.4 Å². The van der Waals surface area contributed by atoms with Gasteiger partial charge in [-0.3, -0.25) is 0 Å². The number of ether oxygens (including phenoxy) is 2. The highest BCUT2D eigenvalue weighted by Gasteiger charge is 2.24. The summed E-state index contributed by atoms with van der Waals surface area (Å²) in [6.07, 6.45) is 2.31. The van der Waals surface area contributed by atoms with Gasteiger partial charge >= 0.3 is 0 Å². The van der Waals surface area contributed by atoms with Gasteiger partial charge in [0.2, 0.25) is 0 Å². The van der Waals surface area contributed by atoms with E-state index in [9.17, 15) is 5.11 Å². The number of hydrogen-bond acceptors (Lipinski definition) is 5. The molecule has 0 spiro atoms. The van der Waals surface area contributed by atoms with Gasteiger partial charge in [0.1, 0.15) is 5.01 Å². The summed E-state index contributed by atoms with van der Waals surface area (Å²) in [5.74, 6) is 1.10. The van der Waals surface area contributed by atoms with Crippen molar-refractivity contribution >= 4 is 22.9 Å². The molecule has 4 nitrogen and oxygen atoms in total. The van der Waals surface area contributed by atoms with E-state index in [0.29, 0.717) is 16.5 Å². The Balaban J connectivity index is 2.07. The first-order chi connectivity index (χ1) is 10.1. The average molecular weight is 326 g/mol. The smallest absolute Gasteiger partial charge is 0.179 e. The summed E-state index contributed by atoms with van der Waals surface area (Å²) in [7, 11) is 3.14. The van der Waals surface area contributed by atoms with Crippen molar-refractivity contribution in [3.05, 3.63) is 27.7 Å². The molecule has 1 aliphatic carbocycles. The second-order valence-electron chi connectivity index (χ2n) is 4.93. The minimum Gasteiger partial charge on any atom is -0.493 e. The molecular weight excluding hydrogens is 310 g/mol. The zero-order valence-electron chi connectivity index (χ0n) is 11.9. The number of nitrogens with zero attached hydrogens (tertiary/aromatic N) is 1. The molecule has 2 aromatic rings. The maximum Gasteiger partial charge on any atom is 0.179 e. The van der Waals surface area contributed by atoms with Gasteiger partial charge in [-0.2, -0.15) is 0 Å². The number of rotatable bonds is 3. The minimum absolute atomic E-state index is 0.450. The van der Waals surface area contributed by atoms with Crippen LogP contribution in [0.5, 0.6) is 11.5 Å². The molecule has 3 rings (SSSR count). The van der Waals surface area contributed by atoms with Crippen molar-refractivity contribution < 1.29 is 14.6 Å². The fraction of sp³-hybridized carbons (Fsp3) is 0.400. The fourth-order valence-corrected chi connectivity index (χ4v) is 3.99. The Morgan fingerprint density at radius 1 is 1.33 bits per heavy atom. The summed E-state index contributed by atoms with van der Waals surface area (Å²) < 4.78 is 10.6. The maximum absolute atomic E-state index is 10.0. The third-order valence-electron chi connectivity index (χ3n) is 3.61. The Morgan fingerprint density at radius 3 is 2.81 bits per heavy atom. The SMILES string of the molecule is COc1cc(-c2nc3c(s2)CCCC3O)cc(Cl)c1OC. The number of fused-ring (bicyclic) bond motifs is 1. The van der Waals surface area contributed by atoms with Crippen molar-refractivity contribution in [2.24, 2.45) is 0 Å². The standard InChI is InChI=1S/C15H16ClNO3S/c1-19-11-7-8(6-9(16)14(11)20-2)15-17-13-10(18)4-3-5-12(13)21-15/h6-7,10,18H,3-5H2,1-2H3. The molecule has 0 amide bonds. The lowest BCUT2D eigenvalue weighted by Gasteiger charge is -2.14. The maximum atomic E-state index is 10.0. The van der Waals surface area contributed by atoms with E-state index in [1.54, 1.807) is 25.6 Å². The normalized spacial score (nSPS) is 17.4. The van der Waals surface area contributed by atoms with Crippen LogP contribution in [0.15, 0.2) is 12.1 Å². The Kier molecular flexibility index (Phi) is 4.06. The van der Waals surface area contributed by atoms with Crippen LogP contribution >= 0.6 is 22.9 Å². The largest absolute Gasteiger partial charge is 0.493 e. The van der Waals surface area contributed by atoms with Crippen molar-refractivity contribution in [3.63, 3.8) is 0 Å². The highest BCUT2D eigenvalue weighted by Crippen LogP contribution is 2.42. The minimum atomic E-state index is -0.450. The van der Waals surface area contributed by atoms with Gasteiger partial charge in [-0.15, -0.1) is 11.3 Å². The van der Waals surface area contributed by atoms with E-state index >= 15 is 0 Å². The van der Waals surface area contributed by atoms with Gasteiger partial charge in [-0.1, -0.05) is 11.6 Å². The van der Waals surface area contributed by atoms with Crippen molar-refractivity contribution in [1.82, 2.24) is 4.98 Å². The lowest BCUT2D eigenvalue weighted by atomic mass is 10.0. The summed E-state index contributed by atoms with van der Waals surface area (Å²) in [6.45, 7) is 0. The van der Waals surface area contributed by atoms with Crippen molar-refractivity contribution in [1.29, 1.82) is 0 Å². The number of halogens is 1. The molecule has 1 heterocycles.